The Balaban J connectivity index is 2.56. The number of aromatic amines is 1. The van der Waals surface area contributed by atoms with Crippen molar-refractivity contribution >= 4 is 0 Å². The summed E-state index contributed by atoms with van der Waals surface area (Å²) < 4.78 is 1.68. The van der Waals surface area contributed by atoms with Crippen LogP contribution in [-0.4, -0.2) is 19.7 Å². The lowest BCUT2D eigenvalue weighted by atomic mass is 10.2. The number of aromatic nitrogens is 4. The number of aryl methyl sites for hydroxylation is 2. The van der Waals surface area contributed by atoms with Crippen molar-refractivity contribution in [2.45, 2.75) is 20.3 Å². The van der Waals surface area contributed by atoms with Crippen LogP contribution < -0.4 is 5.56 Å². The summed E-state index contributed by atoms with van der Waals surface area (Å²) in [6.45, 7) is 3.79. The number of hydrogen-bond donors (Lipinski definition) is 1. The molecule has 5 heteroatoms. The van der Waals surface area contributed by atoms with E-state index in [1.807, 2.05) is 33.2 Å². The molecular formula is C11H14N4O. The molecule has 0 radical (unpaired) electrons. The van der Waals surface area contributed by atoms with Crippen molar-refractivity contribution in [3.8, 4) is 11.5 Å². The average molecular weight is 218 g/mol. The van der Waals surface area contributed by atoms with Crippen LogP contribution in [0, 0.1) is 6.92 Å². The SMILES string of the molecule is CCc1c(C)nc(-c2ccn(C)n2)[nH]c1=O. The summed E-state index contributed by atoms with van der Waals surface area (Å²) in [5.74, 6) is 0.528. The van der Waals surface area contributed by atoms with Gasteiger partial charge in [-0.3, -0.25) is 9.48 Å². The lowest BCUT2D eigenvalue weighted by Crippen LogP contribution is -2.16. The molecule has 0 aliphatic carbocycles. The van der Waals surface area contributed by atoms with E-state index < -0.39 is 0 Å². The molecule has 2 aromatic rings. The summed E-state index contributed by atoms with van der Waals surface area (Å²) in [5, 5.41) is 4.20. The van der Waals surface area contributed by atoms with E-state index in [9.17, 15) is 4.79 Å². The molecule has 0 fully saturated rings. The van der Waals surface area contributed by atoms with Crippen LogP contribution in [0.3, 0.4) is 0 Å². The molecular weight excluding hydrogens is 204 g/mol. The van der Waals surface area contributed by atoms with Gasteiger partial charge in [0, 0.05) is 24.5 Å². The van der Waals surface area contributed by atoms with Crippen molar-refractivity contribution in [3.63, 3.8) is 0 Å². The Bertz CT molecular complexity index is 568. The summed E-state index contributed by atoms with van der Waals surface area (Å²) in [4.78, 5) is 18.9. The lowest BCUT2D eigenvalue weighted by Gasteiger charge is -2.03. The van der Waals surface area contributed by atoms with E-state index in [-0.39, 0.29) is 5.56 Å². The first-order valence-corrected chi connectivity index (χ1v) is 5.21. The second-order valence-corrected chi connectivity index (χ2v) is 3.71. The molecule has 0 amide bonds. The lowest BCUT2D eigenvalue weighted by molar-refractivity contribution is 0.767. The molecule has 0 atom stereocenters. The highest BCUT2D eigenvalue weighted by molar-refractivity contribution is 5.48. The Hall–Kier alpha value is -1.91. The molecule has 0 spiro atoms. The van der Waals surface area contributed by atoms with Gasteiger partial charge in [-0.1, -0.05) is 6.92 Å². The minimum absolute atomic E-state index is 0.0735. The molecule has 2 rings (SSSR count). The second kappa shape index (κ2) is 3.92. The van der Waals surface area contributed by atoms with E-state index in [2.05, 4.69) is 15.1 Å². The van der Waals surface area contributed by atoms with E-state index >= 15 is 0 Å². The van der Waals surface area contributed by atoms with Crippen LogP contribution in [0.4, 0.5) is 0 Å². The fourth-order valence-electron chi connectivity index (χ4n) is 1.69. The van der Waals surface area contributed by atoms with Gasteiger partial charge in [-0.05, 0) is 19.4 Å². The molecule has 0 aliphatic heterocycles. The maximum atomic E-state index is 11.7. The second-order valence-electron chi connectivity index (χ2n) is 3.71. The Labute approximate surface area is 93.2 Å². The van der Waals surface area contributed by atoms with Crippen molar-refractivity contribution in [2.24, 2.45) is 7.05 Å². The van der Waals surface area contributed by atoms with E-state index in [0.29, 0.717) is 17.9 Å². The molecule has 0 unspecified atom stereocenters. The summed E-state index contributed by atoms with van der Waals surface area (Å²) in [6.07, 6.45) is 2.51. The van der Waals surface area contributed by atoms with Gasteiger partial charge in [-0.25, -0.2) is 4.98 Å². The third-order valence-electron chi connectivity index (χ3n) is 2.53. The van der Waals surface area contributed by atoms with Crippen molar-refractivity contribution in [2.75, 3.05) is 0 Å². The van der Waals surface area contributed by atoms with Gasteiger partial charge in [0.2, 0.25) is 0 Å². The highest BCUT2D eigenvalue weighted by atomic mass is 16.1. The van der Waals surface area contributed by atoms with Crippen molar-refractivity contribution in [1.29, 1.82) is 0 Å². The minimum atomic E-state index is -0.0735. The molecule has 0 aromatic carbocycles. The van der Waals surface area contributed by atoms with Gasteiger partial charge in [0.25, 0.3) is 5.56 Å². The van der Waals surface area contributed by atoms with Crippen LogP contribution in [0.1, 0.15) is 18.2 Å². The molecule has 16 heavy (non-hydrogen) atoms. The maximum Gasteiger partial charge on any atom is 0.254 e. The van der Waals surface area contributed by atoms with E-state index in [0.717, 1.165) is 11.3 Å². The Kier molecular flexibility index (Phi) is 2.60. The minimum Gasteiger partial charge on any atom is -0.305 e. The number of nitrogens with one attached hydrogen (secondary N) is 1. The third kappa shape index (κ3) is 1.76. The van der Waals surface area contributed by atoms with E-state index in [1.165, 1.54) is 0 Å². The smallest absolute Gasteiger partial charge is 0.254 e. The molecule has 0 aliphatic rings. The fourth-order valence-corrected chi connectivity index (χ4v) is 1.69. The van der Waals surface area contributed by atoms with Gasteiger partial charge in [0.15, 0.2) is 5.82 Å². The number of rotatable bonds is 2. The topological polar surface area (TPSA) is 63.6 Å². The van der Waals surface area contributed by atoms with Crippen molar-refractivity contribution in [3.05, 3.63) is 33.9 Å². The van der Waals surface area contributed by atoms with Crippen molar-refractivity contribution < 1.29 is 0 Å². The zero-order chi connectivity index (χ0) is 11.7. The Morgan fingerprint density at radius 2 is 2.25 bits per heavy atom. The molecule has 1 N–H and O–H groups in total. The van der Waals surface area contributed by atoms with Gasteiger partial charge < -0.3 is 4.98 Å². The number of nitrogens with zero attached hydrogens (tertiary/aromatic N) is 3. The largest absolute Gasteiger partial charge is 0.305 e. The molecule has 0 bridgehead atoms. The van der Waals surface area contributed by atoms with Gasteiger partial charge in [0.1, 0.15) is 5.69 Å². The van der Waals surface area contributed by atoms with Crippen LogP contribution in [0.2, 0.25) is 0 Å². The van der Waals surface area contributed by atoms with Gasteiger partial charge >= 0.3 is 0 Å². The number of hydrogen-bond acceptors (Lipinski definition) is 3. The molecule has 5 nitrogen and oxygen atoms in total. The van der Waals surface area contributed by atoms with Crippen molar-refractivity contribution in [1.82, 2.24) is 19.7 Å². The standard InChI is InChI=1S/C11H14N4O/c1-4-8-7(2)12-10(13-11(8)16)9-5-6-15(3)14-9/h5-6H,4H2,1-3H3,(H,12,13,16). The normalized spacial score (nSPS) is 10.7. The zero-order valence-electron chi connectivity index (χ0n) is 9.61. The zero-order valence-corrected chi connectivity index (χ0v) is 9.61. The third-order valence-corrected chi connectivity index (χ3v) is 2.53. The first-order chi connectivity index (χ1) is 7.61. The maximum absolute atomic E-state index is 11.7. The summed E-state index contributed by atoms with van der Waals surface area (Å²) >= 11 is 0. The highest BCUT2D eigenvalue weighted by Gasteiger charge is 2.09. The van der Waals surface area contributed by atoms with Crippen LogP contribution in [0.5, 0.6) is 0 Å². The van der Waals surface area contributed by atoms with E-state index in [1.54, 1.807) is 4.68 Å². The van der Waals surface area contributed by atoms with E-state index in [4.69, 9.17) is 0 Å². The first kappa shape index (κ1) is 10.6. The Morgan fingerprint density at radius 3 is 2.75 bits per heavy atom. The quantitative estimate of drug-likeness (QED) is 0.819. The number of H-pyrrole nitrogens is 1. The highest BCUT2D eigenvalue weighted by Crippen LogP contribution is 2.11. The van der Waals surface area contributed by atoms with Gasteiger partial charge in [-0.15, -0.1) is 0 Å². The average Bonchev–Trinajstić information content (AvgIpc) is 2.64. The molecule has 0 saturated carbocycles. The first-order valence-electron chi connectivity index (χ1n) is 5.21. The van der Waals surface area contributed by atoms with Crippen LogP contribution in [-0.2, 0) is 13.5 Å². The molecule has 84 valence electrons. The fraction of sp³-hybridized carbons (Fsp3) is 0.364. The van der Waals surface area contributed by atoms with Crippen LogP contribution in [0.15, 0.2) is 17.1 Å². The Morgan fingerprint density at radius 1 is 1.50 bits per heavy atom. The van der Waals surface area contributed by atoms with Gasteiger partial charge in [-0.2, -0.15) is 5.10 Å². The molecule has 0 saturated heterocycles. The monoisotopic (exact) mass is 218 g/mol. The predicted octanol–water partition coefficient (Wildman–Crippen LogP) is 1.04. The summed E-state index contributed by atoms with van der Waals surface area (Å²) in [6, 6.07) is 1.82. The summed E-state index contributed by atoms with van der Waals surface area (Å²) in [7, 11) is 1.83. The van der Waals surface area contributed by atoms with Crippen LogP contribution in [0.25, 0.3) is 11.5 Å². The van der Waals surface area contributed by atoms with Gasteiger partial charge in [0.05, 0.1) is 0 Å². The van der Waals surface area contributed by atoms with Crippen LogP contribution >= 0.6 is 0 Å². The predicted molar refractivity (Wildman–Crippen MR) is 61.2 cm³/mol. The molecule has 2 heterocycles. The summed E-state index contributed by atoms with van der Waals surface area (Å²) in [5.41, 5.74) is 2.12. The molecule has 2 aromatic heterocycles.